The summed E-state index contributed by atoms with van der Waals surface area (Å²) in [7, 11) is -2.23. The maximum Gasteiger partial charge on any atom is 0.259 e. The molecule has 60 heavy (non-hydrogen) atoms. The predicted molar refractivity (Wildman–Crippen MR) is 233 cm³/mol. The molecule has 2 aromatic heterocycles. The minimum atomic E-state index is -3.87. The molecule has 6 atom stereocenters. The molecule has 15 heteroatoms. The van der Waals surface area contributed by atoms with Crippen LogP contribution in [0, 0.1) is 18.8 Å². The van der Waals surface area contributed by atoms with Crippen LogP contribution in [0.3, 0.4) is 0 Å². The zero-order valence-electron chi connectivity index (χ0n) is 35.0. The zero-order valence-corrected chi connectivity index (χ0v) is 36.7. The van der Waals surface area contributed by atoms with Gasteiger partial charge in [-0.15, -0.1) is 11.3 Å². The fourth-order valence-electron chi connectivity index (χ4n) is 8.94. The molecular weight excluding hydrogens is 801 g/mol. The number of rotatable bonds is 10. The van der Waals surface area contributed by atoms with E-state index in [0.29, 0.717) is 49.4 Å². The summed E-state index contributed by atoms with van der Waals surface area (Å²) >= 11 is 1.51. The van der Waals surface area contributed by atoms with Gasteiger partial charge in [0.05, 0.1) is 24.6 Å². The summed E-state index contributed by atoms with van der Waals surface area (Å²) in [6, 6.07) is 13.7. The van der Waals surface area contributed by atoms with Crippen LogP contribution in [0.15, 0.2) is 53.9 Å². The van der Waals surface area contributed by atoms with Crippen LogP contribution in [0.1, 0.15) is 102 Å². The first-order valence-corrected chi connectivity index (χ1v) is 23.8. The van der Waals surface area contributed by atoms with Gasteiger partial charge >= 0.3 is 0 Å². The highest BCUT2D eigenvalue weighted by molar-refractivity contribution is 7.91. The van der Waals surface area contributed by atoms with Gasteiger partial charge < -0.3 is 25.0 Å². The van der Waals surface area contributed by atoms with E-state index in [0.717, 1.165) is 58.4 Å². The van der Waals surface area contributed by atoms with Crippen LogP contribution in [-0.2, 0) is 24.4 Å². The number of benzene rings is 2. The molecule has 0 radical (unpaired) electrons. The number of amides is 3. The number of aromatic nitrogens is 2. The summed E-state index contributed by atoms with van der Waals surface area (Å²) in [6.45, 7) is 8.42. The number of fused-ring (bicyclic) bond motifs is 3. The van der Waals surface area contributed by atoms with E-state index in [1.165, 1.54) is 11.3 Å². The Bertz CT molecular complexity index is 2370. The number of thiazole rings is 1. The summed E-state index contributed by atoms with van der Waals surface area (Å²) in [6.07, 6.45) is 5.67. The number of pyridine rings is 1. The van der Waals surface area contributed by atoms with Crippen LogP contribution in [0.25, 0.3) is 21.5 Å². The van der Waals surface area contributed by atoms with E-state index in [4.69, 9.17) is 19.4 Å². The maximum absolute atomic E-state index is 14.9. The van der Waals surface area contributed by atoms with Crippen LogP contribution in [-0.4, -0.2) is 83.6 Å². The number of nitrogens with one attached hydrogen (secondary N) is 3. The van der Waals surface area contributed by atoms with Gasteiger partial charge in [-0.25, -0.2) is 18.4 Å². The number of methoxy groups -OCH3 is 1. The van der Waals surface area contributed by atoms with Crippen LogP contribution in [0.4, 0.5) is 5.69 Å². The Morgan fingerprint density at radius 1 is 1.00 bits per heavy atom. The molecule has 4 fully saturated rings. The van der Waals surface area contributed by atoms with Crippen molar-refractivity contribution in [3.8, 4) is 22.3 Å². The van der Waals surface area contributed by atoms with Crippen molar-refractivity contribution in [3.05, 3.63) is 65.2 Å². The molecule has 2 aromatic carbocycles. The molecule has 2 aliphatic carbocycles. The number of hydrogen-bond acceptors (Lipinski definition) is 11. The van der Waals surface area contributed by atoms with E-state index in [-0.39, 0.29) is 36.6 Å². The number of sulfonamides is 1. The number of aryl methyl sites for hydroxylation is 1. The third kappa shape index (κ3) is 8.70. The van der Waals surface area contributed by atoms with Gasteiger partial charge in [-0.3, -0.25) is 19.1 Å². The molecule has 4 aromatic rings. The van der Waals surface area contributed by atoms with Gasteiger partial charge in [0.25, 0.3) is 5.91 Å². The number of carbonyl (C=O) groups excluding carboxylic acids is 3. The Balaban J connectivity index is 1.15. The molecule has 2 saturated heterocycles. The van der Waals surface area contributed by atoms with Gasteiger partial charge in [0, 0.05) is 22.9 Å². The largest absolute Gasteiger partial charge is 0.496 e. The lowest BCUT2D eigenvalue weighted by Crippen LogP contribution is -2.57. The van der Waals surface area contributed by atoms with Gasteiger partial charge in [-0.05, 0) is 98.1 Å². The van der Waals surface area contributed by atoms with E-state index in [1.54, 1.807) is 12.0 Å². The molecule has 3 N–H and O–H groups in total. The molecule has 0 bridgehead atoms. The Labute approximate surface area is 356 Å². The lowest BCUT2D eigenvalue weighted by atomic mass is 9.94. The fourth-order valence-corrected chi connectivity index (χ4v) is 11.2. The molecule has 0 spiro atoms. The van der Waals surface area contributed by atoms with Crippen molar-refractivity contribution in [1.29, 1.82) is 0 Å². The highest BCUT2D eigenvalue weighted by Crippen LogP contribution is 2.49. The SMILES string of the molecule is COc1ccc2c(O[C@@H]3C[C@H]4C(=O)N[C@]5(C(=O)NS(=O)(=O)C6CC6)C[C@H]5C[C@@H](C)CCCCC[C@H](Nc5ccccc5)C(=O)N4C3)nc(-c3nc(C(C)C)cs3)cc2c1C. The second kappa shape index (κ2) is 16.9. The second-order valence-corrected chi connectivity index (χ2v) is 20.4. The fraction of sp³-hybridized carbons (Fsp3) is 0.533. The maximum atomic E-state index is 14.9. The molecular formula is C45H56N6O7S2. The van der Waals surface area contributed by atoms with Crippen molar-refractivity contribution in [2.45, 2.75) is 127 Å². The average molecular weight is 857 g/mol. The van der Waals surface area contributed by atoms with Gasteiger partial charge in [0.2, 0.25) is 27.7 Å². The van der Waals surface area contributed by atoms with Gasteiger partial charge in [-0.2, -0.15) is 0 Å². The van der Waals surface area contributed by atoms with Gasteiger partial charge in [-0.1, -0.05) is 64.7 Å². The van der Waals surface area contributed by atoms with E-state index in [1.807, 2.05) is 60.8 Å². The molecule has 320 valence electrons. The zero-order chi connectivity index (χ0) is 42.3. The van der Waals surface area contributed by atoms with Crippen LogP contribution >= 0.6 is 11.3 Å². The highest BCUT2D eigenvalue weighted by atomic mass is 32.2. The van der Waals surface area contributed by atoms with Gasteiger partial charge in [0.1, 0.15) is 40.2 Å². The number of carbonyl (C=O) groups is 3. The molecule has 4 aliphatic rings. The van der Waals surface area contributed by atoms with Crippen molar-refractivity contribution >= 4 is 55.5 Å². The topological polar surface area (TPSA) is 169 Å². The van der Waals surface area contributed by atoms with Crippen LogP contribution in [0.5, 0.6) is 11.6 Å². The Kier molecular flexibility index (Phi) is 11.9. The highest BCUT2D eigenvalue weighted by Gasteiger charge is 2.63. The summed E-state index contributed by atoms with van der Waals surface area (Å²) < 4.78 is 40.9. The molecule has 4 heterocycles. The summed E-state index contributed by atoms with van der Waals surface area (Å²) in [5.41, 5.74) is 1.92. The summed E-state index contributed by atoms with van der Waals surface area (Å²) in [5.74, 6) is -0.113. The van der Waals surface area contributed by atoms with E-state index in [2.05, 4.69) is 36.1 Å². The van der Waals surface area contributed by atoms with Crippen LogP contribution < -0.4 is 24.8 Å². The number of para-hydroxylation sites is 1. The van der Waals surface area contributed by atoms with E-state index >= 15 is 0 Å². The number of anilines is 1. The van der Waals surface area contributed by atoms with E-state index in [9.17, 15) is 22.8 Å². The summed E-state index contributed by atoms with van der Waals surface area (Å²) in [4.78, 5) is 55.2. The number of nitrogens with zero attached hydrogens (tertiary/aromatic N) is 3. The predicted octanol–water partition coefficient (Wildman–Crippen LogP) is 7.10. The second-order valence-electron chi connectivity index (χ2n) is 17.6. The third-order valence-electron chi connectivity index (χ3n) is 12.7. The van der Waals surface area contributed by atoms with Crippen molar-refractivity contribution in [2.24, 2.45) is 11.8 Å². The van der Waals surface area contributed by atoms with Crippen molar-refractivity contribution in [1.82, 2.24) is 24.9 Å². The van der Waals surface area contributed by atoms with Crippen molar-refractivity contribution < 1.29 is 32.3 Å². The smallest absolute Gasteiger partial charge is 0.259 e. The number of ether oxygens (including phenoxy) is 2. The average Bonchev–Trinajstić information content (AvgIpc) is 4.09. The lowest BCUT2D eigenvalue weighted by molar-refractivity contribution is -0.140. The molecule has 3 amide bonds. The molecule has 2 saturated carbocycles. The number of hydrogen-bond donors (Lipinski definition) is 3. The van der Waals surface area contributed by atoms with Crippen molar-refractivity contribution in [2.75, 3.05) is 19.0 Å². The minimum absolute atomic E-state index is 0.0941. The quantitative estimate of drug-likeness (QED) is 0.150. The standard InChI is InChI=1S/C45H56N6O7S2/c1-26(2)37-25-59-42(48-37)36-22-34-28(4)39(57-5)19-18-33(34)41(47-36)58-31-21-38-40(52)49-45(44(54)50-60(55,56)32-16-17-32)23-29(45)20-27(3)12-8-6-11-15-35(43(53)51(38)24-31)46-30-13-9-7-10-14-30/h7,9-10,13-14,18-19,22,25-27,29,31-32,35,38,46H,6,8,11-12,15-17,20-21,23-24H2,1-5H3,(H,49,52)(H,50,54)/t27-,29+,31+,35-,38-,45+/m0/s1. The van der Waals surface area contributed by atoms with Crippen LogP contribution in [0.2, 0.25) is 0 Å². The molecule has 8 rings (SSSR count). The third-order valence-corrected chi connectivity index (χ3v) is 15.4. The first kappa shape index (κ1) is 42.0. The first-order valence-electron chi connectivity index (χ1n) is 21.4. The Morgan fingerprint density at radius 3 is 2.48 bits per heavy atom. The Morgan fingerprint density at radius 2 is 1.77 bits per heavy atom. The summed E-state index contributed by atoms with van der Waals surface area (Å²) in [5, 5.41) is 10.3. The Hall–Kier alpha value is -4.76. The van der Waals surface area contributed by atoms with Gasteiger partial charge in [0.15, 0.2) is 0 Å². The molecule has 2 aliphatic heterocycles. The first-order chi connectivity index (χ1) is 28.8. The van der Waals surface area contributed by atoms with Crippen molar-refractivity contribution in [3.63, 3.8) is 0 Å². The molecule has 13 nitrogen and oxygen atoms in total. The monoisotopic (exact) mass is 856 g/mol. The van der Waals surface area contributed by atoms with E-state index < -0.39 is 50.8 Å². The lowest BCUT2D eigenvalue weighted by Gasteiger charge is -2.30. The molecule has 0 unspecified atom stereocenters. The normalized spacial score (nSPS) is 26.4. The minimum Gasteiger partial charge on any atom is -0.496 e.